The topological polar surface area (TPSA) is 79.3 Å². The van der Waals surface area contributed by atoms with Crippen LogP contribution in [0.25, 0.3) is 0 Å². The normalized spacial score (nSPS) is 21.6. The Hall–Kier alpha value is -1.05. The van der Waals surface area contributed by atoms with Gasteiger partial charge in [0.1, 0.15) is 18.0 Å². The molecule has 1 fully saturated rings. The molecule has 0 unspecified atom stereocenters. The van der Waals surface area contributed by atoms with E-state index in [4.69, 9.17) is 4.74 Å². The van der Waals surface area contributed by atoms with Crippen LogP contribution in [0.2, 0.25) is 0 Å². The smallest absolute Gasteiger partial charge is 0.131 e. The van der Waals surface area contributed by atoms with E-state index in [9.17, 15) is 5.11 Å². The van der Waals surface area contributed by atoms with Gasteiger partial charge in [-0.1, -0.05) is 0 Å². The lowest BCUT2D eigenvalue weighted by Gasteiger charge is -2.24. The lowest BCUT2D eigenvalue weighted by Crippen LogP contribution is -2.36. The van der Waals surface area contributed by atoms with Crippen LogP contribution in [0.5, 0.6) is 0 Å². The maximum absolute atomic E-state index is 10.1. The van der Waals surface area contributed by atoms with E-state index < -0.39 is 5.60 Å². The summed E-state index contributed by atoms with van der Waals surface area (Å²) in [6.45, 7) is 3.83. The molecule has 2 rings (SSSR count). The maximum atomic E-state index is 10.1. The average Bonchev–Trinajstić information content (AvgIpc) is 2.47. The average molecular weight is 312 g/mol. The SMILES string of the molecule is CSC[C@](C)(O)CNc1cc(N[C@@H]2CCCOC2)ncn1. The first-order valence-corrected chi connectivity index (χ1v) is 8.60. The van der Waals surface area contributed by atoms with Crippen molar-refractivity contribution in [3.8, 4) is 0 Å². The number of anilines is 2. The minimum atomic E-state index is -0.755. The minimum Gasteiger partial charge on any atom is -0.387 e. The predicted octanol–water partition coefficient (Wildman–Crippen LogP) is 1.59. The van der Waals surface area contributed by atoms with Crippen LogP contribution in [-0.2, 0) is 4.74 Å². The van der Waals surface area contributed by atoms with Crippen molar-refractivity contribution in [3.63, 3.8) is 0 Å². The zero-order valence-corrected chi connectivity index (χ0v) is 13.4. The molecule has 1 aromatic heterocycles. The van der Waals surface area contributed by atoms with Gasteiger partial charge in [-0.05, 0) is 26.0 Å². The number of rotatable bonds is 7. The lowest BCUT2D eigenvalue weighted by atomic mass is 10.1. The van der Waals surface area contributed by atoms with E-state index in [1.54, 1.807) is 11.8 Å². The van der Waals surface area contributed by atoms with Gasteiger partial charge in [-0.2, -0.15) is 11.8 Å². The van der Waals surface area contributed by atoms with Gasteiger partial charge in [0.05, 0.1) is 18.2 Å². The number of aromatic nitrogens is 2. The van der Waals surface area contributed by atoms with Crippen molar-refractivity contribution < 1.29 is 9.84 Å². The predicted molar refractivity (Wildman–Crippen MR) is 87.0 cm³/mol. The quantitative estimate of drug-likeness (QED) is 0.705. The molecule has 1 aliphatic heterocycles. The van der Waals surface area contributed by atoms with Gasteiger partial charge in [-0.3, -0.25) is 0 Å². The van der Waals surface area contributed by atoms with Crippen molar-refractivity contribution in [1.29, 1.82) is 0 Å². The van der Waals surface area contributed by atoms with E-state index in [0.717, 1.165) is 31.9 Å². The summed E-state index contributed by atoms with van der Waals surface area (Å²) in [5.41, 5.74) is -0.755. The van der Waals surface area contributed by atoms with Gasteiger partial charge in [0.25, 0.3) is 0 Å². The fourth-order valence-corrected chi connectivity index (χ4v) is 2.96. The number of aliphatic hydroxyl groups is 1. The van der Waals surface area contributed by atoms with Crippen molar-refractivity contribution in [3.05, 3.63) is 12.4 Å². The summed E-state index contributed by atoms with van der Waals surface area (Å²) in [5.74, 6) is 2.17. The van der Waals surface area contributed by atoms with E-state index in [1.807, 2.05) is 19.2 Å². The van der Waals surface area contributed by atoms with E-state index in [1.165, 1.54) is 6.33 Å². The third-order valence-electron chi connectivity index (χ3n) is 3.29. The molecule has 3 N–H and O–H groups in total. The zero-order chi connectivity index (χ0) is 15.1. The largest absolute Gasteiger partial charge is 0.387 e. The van der Waals surface area contributed by atoms with Crippen molar-refractivity contribution in [2.24, 2.45) is 0 Å². The molecule has 21 heavy (non-hydrogen) atoms. The molecule has 6 nitrogen and oxygen atoms in total. The van der Waals surface area contributed by atoms with E-state index in [2.05, 4.69) is 20.6 Å². The van der Waals surface area contributed by atoms with Gasteiger partial charge < -0.3 is 20.5 Å². The first-order chi connectivity index (χ1) is 10.1. The maximum Gasteiger partial charge on any atom is 0.131 e. The summed E-state index contributed by atoms with van der Waals surface area (Å²) in [5, 5.41) is 16.7. The van der Waals surface area contributed by atoms with Crippen LogP contribution >= 0.6 is 11.8 Å². The molecule has 0 saturated carbocycles. The minimum absolute atomic E-state index is 0.307. The second-order valence-electron chi connectivity index (χ2n) is 5.63. The van der Waals surface area contributed by atoms with E-state index >= 15 is 0 Å². The monoisotopic (exact) mass is 312 g/mol. The lowest BCUT2D eigenvalue weighted by molar-refractivity contribution is 0.0875. The number of hydrogen-bond donors (Lipinski definition) is 3. The van der Waals surface area contributed by atoms with Gasteiger partial charge in [0.2, 0.25) is 0 Å². The van der Waals surface area contributed by atoms with Crippen molar-refractivity contribution in [2.45, 2.75) is 31.4 Å². The highest BCUT2D eigenvalue weighted by Crippen LogP contribution is 2.16. The van der Waals surface area contributed by atoms with Gasteiger partial charge >= 0.3 is 0 Å². The second kappa shape index (κ2) is 7.82. The summed E-state index contributed by atoms with van der Waals surface area (Å²) >= 11 is 1.62. The summed E-state index contributed by atoms with van der Waals surface area (Å²) in [4.78, 5) is 8.41. The zero-order valence-electron chi connectivity index (χ0n) is 12.6. The molecule has 118 valence electrons. The molecule has 0 aromatic carbocycles. The number of hydrogen-bond acceptors (Lipinski definition) is 7. The van der Waals surface area contributed by atoms with Gasteiger partial charge in [0.15, 0.2) is 0 Å². The molecule has 1 saturated heterocycles. The number of nitrogens with one attached hydrogen (secondary N) is 2. The Labute approximate surface area is 130 Å². The first kappa shape index (κ1) is 16.3. The molecule has 1 aliphatic rings. The standard InChI is InChI=1S/C14H24N4O2S/c1-14(19,9-21-2)8-15-12-6-13(17-10-16-12)18-11-4-3-5-20-7-11/h6,10-11,19H,3-5,7-9H2,1-2H3,(H2,15,16,17,18)/t11-,14-/m1/s1. The van der Waals surface area contributed by atoms with Crippen molar-refractivity contribution in [1.82, 2.24) is 9.97 Å². The molecule has 2 atom stereocenters. The molecular formula is C14H24N4O2S. The number of nitrogens with zero attached hydrogens (tertiary/aromatic N) is 2. The van der Waals surface area contributed by atoms with Gasteiger partial charge in [0, 0.05) is 25.0 Å². The van der Waals surface area contributed by atoms with Crippen LogP contribution in [0.3, 0.4) is 0 Å². The Balaban J connectivity index is 1.88. The first-order valence-electron chi connectivity index (χ1n) is 7.20. The van der Waals surface area contributed by atoms with Crippen LogP contribution in [0.1, 0.15) is 19.8 Å². The molecule has 2 heterocycles. The second-order valence-corrected chi connectivity index (χ2v) is 6.50. The summed E-state index contributed by atoms with van der Waals surface area (Å²) in [7, 11) is 0. The molecule has 0 amide bonds. The fourth-order valence-electron chi connectivity index (χ4n) is 2.24. The third-order valence-corrected chi connectivity index (χ3v) is 4.20. The van der Waals surface area contributed by atoms with Crippen LogP contribution in [-0.4, -0.2) is 58.5 Å². The van der Waals surface area contributed by atoms with E-state index in [0.29, 0.717) is 24.2 Å². The van der Waals surface area contributed by atoms with Gasteiger partial charge in [-0.25, -0.2) is 9.97 Å². The molecule has 0 bridgehead atoms. The summed E-state index contributed by atoms with van der Waals surface area (Å²) < 4.78 is 5.45. The number of ether oxygens (including phenoxy) is 1. The molecule has 0 radical (unpaired) electrons. The van der Waals surface area contributed by atoms with Crippen molar-refractivity contribution in [2.75, 3.05) is 42.4 Å². The Morgan fingerprint density at radius 2 is 2.29 bits per heavy atom. The molecule has 1 aromatic rings. The van der Waals surface area contributed by atoms with Crippen LogP contribution in [0.4, 0.5) is 11.6 Å². The molecular weight excluding hydrogens is 288 g/mol. The molecule has 0 spiro atoms. The van der Waals surface area contributed by atoms with Crippen LogP contribution in [0.15, 0.2) is 12.4 Å². The molecule has 7 heteroatoms. The summed E-state index contributed by atoms with van der Waals surface area (Å²) in [6, 6.07) is 2.17. The third kappa shape index (κ3) is 5.68. The van der Waals surface area contributed by atoms with Gasteiger partial charge in [-0.15, -0.1) is 0 Å². The van der Waals surface area contributed by atoms with Crippen LogP contribution in [0, 0.1) is 0 Å². The highest BCUT2D eigenvalue weighted by Gasteiger charge is 2.19. The Morgan fingerprint density at radius 3 is 3.00 bits per heavy atom. The van der Waals surface area contributed by atoms with E-state index in [-0.39, 0.29) is 0 Å². The Bertz CT molecular complexity index is 439. The fraction of sp³-hybridized carbons (Fsp3) is 0.714. The Morgan fingerprint density at radius 1 is 1.48 bits per heavy atom. The number of thioether (sulfide) groups is 1. The van der Waals surface area contributed by atoms with Crippen molar-refractivity contribution >= 4 is 23.4 Å². The Kier molecular flexibility index (Phi) is 6.08. The van der Waals surface area contributed by atoms with Crippen LogP contribution < -0.4 is 10.6 Å². The summed E-state index contributed by atoms with van der Waals surface area (Å²) in [6.07, 6.45) is 5.67. The highest BCUT2D eigenvalue weighted by atomic mass is 32.2. The molecule has 0 aliphatic carbocycles. The highest BCUT2D eigenvalue weighted by molar-refractivity contribution is 7.98.